The lowest BCUT2D eigenvalue weighted by atomic mass is 10.1. The molecule has 0 saturated carbocycles. The van der Waals surface area contributed by atoms with Crippen LogP contribution in [0.2, 0.25) is 5.02 Å². The maximum Gasteiger partial charge on any atom is 0.224 e. The van der Waals surface area contributed by atoms with Crippen LogP contribution in [0.25, 0.3) is 11.4 Å². The molecule has 0 saturated heterocycles. The Hall–Kier alpha value is -1.75. The van der Waals surface area contributed by atoms with Gasteiger partial charge in [0.05, 0.1) is 0 Å². The smallest absolute Gasteiger partial charge is 0.224 e. The third-order valence-electron chi connectivity index (χ3n) is 2.66. The Balaban J connectivity index is 2.53. The van der Waals surface area contributed by atoms with Gasteiger partial charge in [0.2, 0.25) is 5.95 Å². The average Bonchev–Trinajstić information content (AvgIpc) is 2.75. The second kappa shape index (κ2) is 5.27. The van der Waals surface area contributed by atoms with Gasteiger partial charge in [-0.25, -0.2) is 0 Å². The number of hydrogen-bond donors (Lipinski definition) is 2. The van der Waals surface area contributed by atoms with Crippen molar-refractivity contribution in [3.63, 3.8) is 0 Å². The first-order valence-corrected chi connectivity index (χ1v) is 6.27. The fourth-order valence-corrected chi connectivity index (χ4v) is 1.98. The van der Waals surface area contributed by atoms with Crippen molar-refractivity contribution in [2.75, 3.05) is 17.6 Å². The second-order valence-corrected chi connectivity index (χ2v) is 4.29. The van der Waals surface area contributed by atoms with Crippen molar-refractivity contribution in [2.24, 2.45) is 0 Å². The van der Waals surface area contributed by atoms with E-state index < -0.39 is 0 Å². The second-order valence-electron chi connectivity index (χ2n) is 3.85. The minimum absolute atomic E-state index is 0.634. The maximum absolute atomic E-state index is 6.00. The Bertz CT molecular complexity index is 549. The van der Waals surface area contributed by atoms with E-state index in [4.69, 9.17) is 17.3 Å². The number of halogens is 1. The molecule has 0 atom stereocenters. The molecule has 0 amide bonds. The van der Waals surface area contributed by atoms with E-state index >= 15 is 0 Å². The van der Waals surface area contributed by atoms with Gasteiger partial charge in [0.1, 0.15) is 0 Å². The Morgan fingerprint density at radius 3 is 2.78 bits per heavy atom. The molecule has 18 heavy (non-hydrogen) atoms. The van der Waals surface area contributed by atoms with Crippen LogP contribution in [0.5, 0.6) is 0 Å². The number of anilines is 2. The third kappa shape index (κ3) is 2.26. The van der Waals surface area contributed by atoms with E-state index in [1.165, 1.54) is 0 Å². The highest BCUT2D eigenvalue weighted by Crippen LogP contribution is 2.28. The normalized spacial score (nSPS) is 10.6. The first kappa shape index (κ1) is 12.7. The van der Waals surface area contributed by atoms with Crippen LogP contribution >= 0.6 is 11.6 Å². The number of nitrogens with one attached hydrogen (secondary N) is 1. The minimum atomic E-state index is 0.634. The van der Waals surface area contributed by atoms with Crippen LogP contribution in [0.1, 0.15) is 13.8 Å². The molecule has 0 aliphatic carbocycles. The summed E-state index contributed by atoms with van der Waals surface area (Å²) in [6.07, 6.45) is 0. The third-order valence-corrected chi connectivity index (χ3v) is 2.89. The molecule has 5 nitrogen and oxygen atoms in total. The highest BCUT2D eigenvalue weighted by atomic mass is 35.5. The highest BCUT2D eigenvalue weighted by molar-refractivity contribution is 6.31. The van der Waals surface area contributed by atoms with E-state index in [0.717, 1.165) is 30.4 Å². The zero-order valence-corrected chi connectivity index (χ0v) is 11.2. The summed E-state index contributed by atoms with van der Waals surface area (Å²) in [6, 6.07) is 5.35. The van der Waals surface area contributed by atoms with Crippen LogP contribution in [0.4, 0.5) is 11.6 Å². The van der Waals surface area contributed by atoms with E-state index in [2.05, 4.69) is 15.5 Å². The van der Waals surface area contributed by atoms with Crippen LogP contribution in [0.3, 0.4) is 0 Å². The van der Waals surface area contributed by atoms with Crippen molar-refractivity contribution in [1.29, 1.82) is 0 Å². The standard InChI is InChI=1S/C12H16ClN5/c1-3-15-12-17-16-11(18(12)4-2)9-7-8(13)5-6-10(9)14/h5-7H,3-4,14H2,1-2H3,(H,15,17). The van der Waals surface area contributed by atoms with Crippen molar-refractivity contribution in [1.82, 2.24) is 14.8 Å². The topological polar surface area (TPSA) is 68.8 Å². The van der Waals surface area contributed by atoms with Gasteiger partial charge in [-0.05, 0) is 32.0 Å². The van der Waals surface area contributed by atoms with Crippen LogP contribution < -0.4 is 11.1 Å². The Labute approximate surface area is 111 Å². The lowest BCUT2D eigenvalue weighted by molar-refractivity contribution is 0.770. The molecule has 2 aromatic rings. The molecule has 1 heterocycles. The fraction of sp³-hybridized carbons (Fsp3) is 0.333. The lowest BCUT2D eigenvalue weighted by Gasteiger charge is -2.09. The lowest BCUT2D eigenvalue weighted by Crippen LogP contribution is -2.07. The summed E-state index contributed by atoms with van der Waals surface area (Å²) in [7, 11) is 0. The first-order chi connectivity index (χ1) is 8.67. The van der Waals surface area contributed by atoms with Gasteiger partial charge in [-0.1, -0.05) is 11.6 Å². The van der Waals surface area contributed by atoms with Crippen LogP contribution in [0.15, 0.2) is 18.2 Å². The van der Waals surface area contributed by atoms with Crippen molar-refractivity contribution >= 4 is 23.2 Å². The van der Waals surface area contributed by atoms with Gasteiger partial charge in [0.15, 0.2) is 5.82 Å². The van der Waals surface area contributed by atoms with Gasteiger partial charge >= 0.3 is 0 Å². The number of hydrogen-bond acceptors (Lipinski definition) is 4. The predicted molar refractivity (Wildman–Crippen MR) is 74.7 cm³/mol. The molecule has 6 heteroatoms. The molecular formula is C12H16ClN5. The molecule has 0 unspecified atom stereocenters. The van der Waals surface area contributed by atoms with E-state index in [1.807, 2.05) is 24.5 Å². The van der Waals surface area contributed by atoms with Gasteiger partial charge in [-0.15, -0.1) is 10.2 Å². The molecule has 2 rings (SSSR count). The summed E-state index contributed by atoms with van der Waals surface area (Å²) in [5.41, 5.74) is 7.42. The molecule has 0 fully saturated rings. The molecule has 1 aromatic carbocycles. The number of nitrogens with zero attached hydrogens (tertiary/aromatic N) is 3. The summed E-state index contributed by atoms with van der Waals surface area (Å²) in [6.45, 7) is 5.61. The Morgan fingerprint density at radius 1 is 1.33 bits per heavy atom. The molecule has 3 N–H and O–H groups in total. The number of aromatic nitrogens is 3. The summed E-state index contributed by atoms with van der Waals surface area (Å²) >= 11 is 6.00. The number of benzene rings is 1. The highest BCUT2D eigenvalue weighted by Gasteiger charge is 2.14. The maximum atomic E-state index is 6.00. The molecule has 1 aromatic heterocycles. The summed E-state index contributed by atoms with van der Waals surface area (Å²) in [5.74, 6) is 1.47. The molecular weight excluding hydrogens is 250 g/mol. The average molecular weight is 266 g/mol. The molecule has 0 spiro atoms. The molecule has 96 valence electrons. The SMILES string of the molecule is CCNc1nnc(-c2cc(Cl)ccc2N)n1CC. The predicted octanol–water partition coefficient (Wildman–Crippen LogP) is 2.63. The molecule has 0 aliphatic rings. The van der Waals surface area contributed by atoms with Gasteiger partial charge in [-0.2, -0.15) is 0 Å². The van der Waals surface area contributed by atoms with Crippen LogP contribution in [0, 0.1) is 0 Å². The van der Waals surface area contributed by atoms with E-state index in [0.29, 0.717) is 10.7 Å². The van der Waals surface area contributed by atoms with Crippen LogP contribution in [-0.2, 0) is 6.54 Å². The van der Waals surface area contributed by atoms with E-state index in [-0.39, 0.29) is 0 Å². The van der Waals surface area contributed by atoms with Crippen molar-refractivity contribution in [3.8, 4) is 11.4 Å². The van der Waals surface area contributed by atoms with Crippen molar-refractivity contribution < 1.29 is 0 Å². The van der Waals surface area contributed by atoms with Crippen LogP contribution in [-0.4, -0.2) is 21.3 Å². The zero-order chi connectivity index (χ0) is 13.1. The van der Waals surface area contributed by atoms with E-state index in [9.17, 15) is 0 Å². The molecule has 0 aliphatic heterocycles. The number of rotatable bonds is 4. The first-order valence-electron chi connectivity index (χ1n) is 5.89. The monoisotopic (exact) mass is 265 g/mol. The van der Waals surface area contributed by atoms with Gasteiger partial charge in [0, 0.05) is 29.4 Å². The largest absolute Gasteiger partial charge is 0.398 e. The summed E-state index contributed by atoms with van der Waals surface area (Å²) in [5, 5.41) is 12.1. The fourth-order valence-electron chi connectivity index (χ4n) is 1.81. The molecule has 0 radical (unpaired) electrons. The quantitative estimate of drug-likeness (QED) is 0.834. The van der Waals surface area contributed by atoms with Gasteiger partial charge < -0.3 is 11.1 Å². The Morgan fingerprint density at radius 2 is 2.11 bits per heavy atom. The zero-order valence-electron chi connectivity index (χ0n) is 10.4. The van der Waals surface area contributed by atoms with Crippen molar-refractivity contribution in [3.05, 3.63) is 23.2 Å². The number of nitrogen functional groups attached to an aromatic ring is 1. The van der Waals surface area contributed by atoms with Crippen molar-refractivity contribution in [2.45, 2.75) is 20.4 Å². The Kier molecular flexibility index (Phi) is 3.72. The summed E-state index contributed by atoms with van der Waals surface area (Å²) in [4.78, 5) is 0. The minimum Gasteiger partial charge on any atom is -0.398 e. The summed E-state index contributed by atoms with van der Waals surface area (Å²) < 4.78 is 1.98. The van der Waals surface area contributed by atoms with E-state index in [1.54, 1.807) is 12.1 Å². The molecule has 0 bridgehead atoms. The van der Waals surface area contributed by atoms with Gasteiger partial charge in [-0.3, -0.25) is 4.57 Å². The number of nitrogens with two attached hydrogens (primary N) is 1. The van der Waals surface area contributed by atoms with Gasteiger partial charge in [0.25, 0.3) is 0 Å².